The molecule has 6 heteroatoms. The predicted molar refractivity (Wildman–Crippen MR) is 105 cm³/mol. The van der Waals surface area contributed by atoms with Crippen molar-refractivity contribution >= 4 is 5.82 Å². The van der Waals surface area contributed by atoms with Gasteiger partial charge in [0.2, 0.25) is 0 Å². The van der Waals surface area contributed by atoms with E-state index < -0.39 is 0 Å². The highest BCUT2D eigenvalue weighted by Gasteiger charge is 2.28. The summed E-state index contributed by atoms with van der Waals surface area (Å²) >= 11 is 0. The number of aromatic hydroxyl groups is 1. The van der Waals surface area contributed by atoms with Crippen LogP contribution in [0, 0.1) is 6.92 Å². The fourth-order valence-corrected chi connectivity index (χ4v) is 2.60. The van der Waals surface area contributed by atoms with Gasteiger partial charge in [-0.25, -0.2) is 0 Å². The molecule has 0 bridgehead atoms. The lowest BCUT2D eigenvalue weighted by Crippen LogP contribution is -2.34. The van der Waals surface area contributed by atoms with E-state index >= 15 is 0 Å². The van der Waals surface area contributed by atoms with E-state index in [1.807, 2.05) is 25.1 Å². The minimum absolute atomic E-state index is 0.131. The first-order valence-electron chi connectivity index (χ1n) is 9.35. The van der Waals surface area contributed by atoms with Gasteiger partial charge in [0.05, 0.1) is 6.20 Å². The Morgan fingerprint density at radius 3 is 2.31 bits per heavy atom. The minimum atomic E-state index is -0.131. The van der Waals surface area contributed by atoms with Crippen molar-refractivity contribution in [3.8, 4) is 11.5 Å². The molecule has 0 spiro atoms. The standard InChI is InChI=1S/C16H26O2.C4H6N4/c1-4-7-10-13-16(5-2,6-3)18-15-12-9-8-11-14(15)17;1-3-2-6-8-7-4(3)5/h8-9,11-12,17H,4-7,10,13H2,1-3H3;2H,1H3,(H2,5,6,7). The molecule has 26 heavy (non-hydrogen) atoms. The number of phenols is 1. The zero-order valence-corrected chi connectivity index (χ0v) is 16.4. The van der Waals surface area contributed by atoms with Crippen molar-refractivity contribution < 1.29 is 9.84 Å². The summed E-state index contributed by atoms with van der Waals surface area (Å²) in [5.74, 6) is 1.29. The lowest BCUT2D eigenvalue weighted by atomic mass is 9.90. The van der Waals surface area contributed by atoms with Crippen LogP contribution in [0.1, 0.15) is 64.9 Å². The van der Waals surface area contributed by atoms with E-state index in [1.54, 1.807) is 12.3 Å². The average Bonchev–Trinajstić information content (AvgIpc) is 2.66. The molecule has 2 aromatic rings. The smallest absolute Gasteiger partial charge is 0.161 e. The van der Waals surface area contributed by atoms with Crippen LogP contribution in [0.3, 0.4) is 0 Å². The molecule has 0 saturated carbocycles. The fourth-order valence-electron chi connectivity index (χ4n) is 2.60. The highest BCUT2D eigenvalue weighted by atomic mass is 16.5. The molecule has 1 aromatic heterocycles. The Morgan fingerprint density at radius 2 is 1.81 bits per heavy atom. The molecule has 0 radical (unpaired) electrons. The second-order valence-electron chi connectivity index (χ2n) is 6.42. The summed E-state index contributed by atoms with van der Waals surface area (Å²) in [5.41, 5.74) is 6.04. The summed E-state index contributed by atoms with van der Waals surface area (Å²) in [5, 5.41) is 20.1. The number of unbranched alkanes of at least 4 members (excludes halogenated alkanes) is 2. The van der Waals surface area contributed by atoms with Gasteiger partial charge in [0.25, 0.3) is 0 Å². The van der Waals surface area contributed by atoms with Gasteiger partial charge < -0.3 is 15.6 Å². The van der Waals surface area contributed by atoms with E-state index in [0.717, 1.165) is 24.8 Å². The zero-order chi connectivity index (χ0) is 19.4. The molecular formula is C20H32N4O2. The number of benzene rings is 1. The second-order valence-corrected chi connectivity index (χ2v) is 6.42. The lowest BCUT2D eigenvalue weighted by Gasteiger charge is -2.33. The van der Waals surface area contributed by atoms with Crippen LogP contribution in [0.5, 0.6) is 11.5 Å². The number of nitrogens with zero attached hydrogens (tertiary/aromatic N) is 3. The highest BCUT2D eigenvalue weighted by Crippen LogP contribution is 2.34. The SMILES string of the molecule is CCCCCC(CC)(CC)Oc1ccccc1O.Cc1cnnnc1N. The summed E-state index contributed by atoms with van der Waals surface area (Å²) in [4.78, 5) is 0. The lowest BCUT2D eigenvalue weighted by molar-refractivity contribution is 0.0456. The van der Waals surface area contributed by atoms with Gasteiger partial charge in [0.1, 0.15) is 5.60 Å². The van der Waals surface area contributed by atoms with Crippen molar-refractivity contribution in [1.29, 1.82) is 0 Å². The first-order chi connectivity index (χ1) is 12.5. The number of aromatic nitrogens is 3. The number of rotatable bonds is 8. The number of aryl methyl sites for hydroxylation is 1. The van der Waals surface area contributed by atoms with Gasteiger partial charge in [-0.3, -0.25) is 0 Å². The van der Waals surface area contributed by atoms with Crippen molar-refractivity contribution in [2.45, 2.75) is 71.8 Å². The van der Waals surface area contributed by atoms with Gasteiger partial charge >= 0.3 is 0 Å². The Hall–Kier alpha value is -2.37. The van der Waals surface area contributed by atoms with Gasteiger partial charge in [0, 0.05) is 5.56 Å². The van der Waals surface area contributed by atoms with Crippen LogP contribution in [0.4, 0.5) is 5.82 Å². The van der Waals surface area contributed by atoms with Crippen molar-refractivity contribution in [3.05, 3.63) is 36.0 Å². The summed E-state index contributed by atoms with van der Waals surface area (Å²) in [6.07, 6.45) is 8.23. The van der Waals surface area contributed by atoms with Crippen molar-refractivity contribution in [2.24, 2.45) is 0 Å². The van der Waals surface area contributed by atoms with Crippen molar-refractivity contribution in [1.82, 2.24) is 15.4 Å². The number of hydrogen-bond donors (Lipinski definition) is 2. The Balaban J connectivity index is 0.000000350. The van der Waals surface area contributed by atoms with E-state index in [-0.39, 0.29) is 11.4 Å². The third-order valence-corrected chi connectivity index (χ3v) is 4.58. The van der Waals surface area contributed by atoms with Crippen LogP contribution in [-0.4, -0.2) is 26.1 Å². The first kappa shape index (κ1) is 21.7. The first-order valence-corrected chi connectivity index (χ1v) is 9.35. The van der Waals surface area contributed by atoms with Gasteiger partial charge in [0.15, 0.2) is 17.3 Å². The Labute approximate surface area is 156 Å². The normalized spacial score (nSPS) is 10.8. The Bertz CT molecular complexity index is 624. The van der Waals surface area contributed by atoms with Crippen LogP contribution < -0.4 is 10.5 Å². The maximum absolute atomic E-state index is 9.81. The fraction of sp³-hybridized carbons (Fsp3) is 0.550. The van der Waals surface area contributed by atoms with Crippen LogP contribution in [0.2, 0.25) is 0 Å². The van der Waals surface area contributed by atoms with E-state index in [4.69, 9.17) is 10.5 Å². The number of nitrogen functional groups attached to an aromatic ring is 1. The second kappa shape index (κ2) is 11.3. The van der Waals surface area contributed by atoms with Crippen LogP contribution in [0.25, 0.3) is 0 Å². The van der Waals surface area contributed by atoms with Gasteiger partial charge in [-0.2, -0.15) is 0 Å². The van der Waals surface area contributed by atoms with E-state index in [2.05, 4.69) is 36.2 Å². The number of ether oxygens (including phenoxy) is 1. The van der Waals surface area contributed by atoms with Crippen LogP contribution >= 0.6 is 0 Å². The zero-order valence-electron chi connectivity index (χ0n) is 16.4. The third kappa shape index (κ3) is 6.86. The van der Waals surface area contributed by atoms with E-state index in [9.17, 15) is 5.11 Å². The number of para-hydroxylation sites is 2. The molecule has 1 aromatic carbocycles. The van der Waals surface area contributed by atoms with E-state index in [0.29, 0.717) is 11.6 Å². The largest absolute Gasteiger partial charge is 0.504 e. The summed E-state index contributed by atoms with van der Waals surface area (Å²) < 4.78 is 6.13. The molecule has 144 valence electrons. The van der Waals surface area contributed by atoms with E-state index in [1.165, 1.54) is 19.3 Å². The van der Waals surface area contributed by atoms with Crippen molar-refractivity contribution in [2.75, 3.05) is 5.73 Å². The quantitative estimate of drug-likeness (QED) is 0.664. The number of anilines is 1. The average molecular weight is 361 g/mol. The topological polar surface area (TPSA) is 94.1 Å². The van der Waals surface area contributed by atoms with Gasteiger partial charge in [-0.1, -0.05) is 45.7 Å². The molecule has 2 rings (SSSR count). The van der Waals surface area contributed by atoms with Gasteiger partial charge in [-0.15, -0.1) is 10.2 Å². The molecule has 0 unspecified atom stereocenters. The summed E-state index contributed by atoms with van der Waals surface area (Å²) in [7, 11) is 0. The monoisotopic (exact) mass is 360 g/mol. The highest BCUT2D eigenvalue weighted by molar-refractivity contribution is 5.38. The molecule has 3 N–H and O–H groups in total. The number of hydrogen-bond acceptors (Lipinski definition) is 6. The molecule has 0 atom stereocenters. The van der Waals surface area contributed by atoms with Crippen molar-refractivity contribution in [3.63, 3.8) is 0 Å². The maximum Gasteiger partial charge on any atom is 0.161 e. The number of phenolic OH excluding ortho intramolecular Hbond substituents is 1. The third-order valence-electron chi connectivity index (χ3n) is 4.58. The van der Waals surface area contributed by atoms with Crippen LogP contribution in [-0.2, 0) is 0 Å². The molecule has 0 aliphatic heterocycles. The molecule has 0 aliphatic rings. The number of nitrogens with two attached hydrogens (primary N) is 1. The Morgan fingerprint density at radius 1 is 1.12 bits per heavy atom. The van der Waals surface area contributed by atoms with Crippen LogP contribution in [0.15, 0.2) is 30.5 Å². The molecule has 0 fully saturated rings. The molecule has 0 aliphatic carbocycles. The molecule has 1 heterocycles. The molecular weight excluding hydrogens is 328 g/mol. The summed E-state index contributed by atoms with van der Waals surface area (Å²) in [6, 6.07) is 7.24. The Kier molecular flexibility index (Phi) is 9.41. The van der Waals surface area contributed by atoms with Gasteiger partial charge in [-0.05, 0) is 50.0 Å². The predicted octanol–water partition coefficient (Wildman–Crippen LogP) is 4.67. The maximum atomic E-state index is 9.81. The molecule has 6 nitrogen and oxygen atoms in total. The minimum Gasteiger partial charge on any atom is -0.504 e. The summed E-state index contributed by atoms with van der Waals surface area (Å²) in [6.45, 7) is 8.37. The molecule has 0 amide bonds. The molecule has 0 saturated heterocycles.